The van der Waals surface area contributed by atoms with Crippen molar-refractivity contribution >= 4 is 28.4 Å². The monoisotopic (exact) mass is 303 g/mol. The number of nitrogens with zero attached hydrogens (tertiary/aromatic N) is 1. The molecule has 2 aromatic carbocycles. The quantitative estimate of drug-likeness (QED) is 0.409. The summed E-state index contributed by atoms with van der Waals surface area (Å²) in [6, 6.07) is 17.6. The highest BCUT2D eigenvalue weighted by atomic mass is 16.5. The average Bonchev–Trinajstić information content (AvgIpc) is 2.60. The number of esters is 1. The molecule has 114 valence electrons. The van der Waals surface area contributed by atoms with E-state index in [0.29, 0.717) is 12.2 Å². The van der Waals surface area contributed by atoms with Crippen LogP contribution < -0.4 is 0 Å². The third kappa shape index (κ3) is 3.46. The average molecular weight is 303 g/mol. The van der Waals surface area contributed by atoms with Crippen LogP contribution in [0.1, 0.15) is 18.1 Å². The van der Waals surface area contributed by atoms with Crippen molar-refractivity contribution in [3.8, 4) is 0 Å². The zero-order chi connectivity index (χ0) is 16.1. The standard InChI is InChI=1S/C20H17NO2/c1-2-23-20(22)19(17-6-4-3-5-7-17)13-15-8-9-16-10-11-21-14-18(16)12-15/h3-14H,2H2,1H3. The van der Waals surface area contributed by atoms with E-state index < -0.39 is 0 Å². The molecule has 1 heterocycles. The zero-order valence-corrected chi connectivity index (χ0v) is 12.9. The Labute approximate surface area is 135 Å². The molecule has 1 aromatic heterocycles. The van der Waals surface area contributed by atoms with Crippen LogP contribution in [-0.2, 0) is 9.53 Å². The predicted molar refractivity (Wildman–Crippen MR) is 92.7 cm³/mol. The van der Waals surface area contributed by atoms with E-state index in [1.165, 1.54) is 0 Å². The number of rotatable bonds is 4. The predicted octanol–water partition coefficient (Wildman–Crippen LogP) is 4.34. The van der Waals surface area contributed by atoms with Crippen molar-refractivity contribution in [2.45, 2.75) is 6.92 Å². The molecular weight excluding hydrogens is 286 g/mol. The normalized spacial score (nSPS) is 11.4. The SMILES string of the molecule is CCOC(=O)C(=Cc1ccc2ccncc2c1)c1ccccc1. The Bertz CT molecular complexity index is 854. The number of fused-ring (bicyclic) bond motifs is 1. The van der Waals surface area contributed by atoms with E-state index in [4.69, 9.17) is 4.74 Å². The fourth-order valence-corrected chi connectivity index (χ4v) is 2.45. The lowest BCUT2D eigenvalue weighted by molar-refractivity contribution is -0.136. The van der Waals surface area contributed by atoms with Gasteiger partial charge in [-0.1, -0.05) is 42.5 Å². The number of hydrogen-bond acceptors (Lipinski definition) is 3. The summed E-state index contributed by atoms with van der Waals surface area (Å²) < 4.78 is 5.20. The summed E-state index contributed by atoms with van der Waals surface area (Å²) in [7, 11) is 0. The van der Waals surface area contributed by atoms with Gasteiger partial charge in [0.05, 0.1) is 12.2 Å². The third-order valence-electron chi connectivity index (χ3n) is 3.56. The molecule has 0 N–H and O–H groups in total. The number of pyridine rings is 1. The summed E-state index contributed by atoms with van der Waals surface area (Å²) in [5.41, 5.74) is 2.34. The van der Waals surface area contributed by atoms with Crippen molar-refractivity contribution in [1.29, 1.82) is 0 Å². The zero-order valence-electron chi connectivity index (χ0n) is 12.9. The maximum absolute atomic E-state index is 12.3. The van der Waals surface area contributed by atoms with Gasteiger partial charge in [-0.2, -0.15) is 0 Å². The van der Waals surface area contributed by atoms with Crippen molar-refractivity contribution in [3.63, 3.8) is 0 Å². The Hall–Kier alpha value is -2.94. The number of hydrogen-bond donors (Lipinski definition) is 0. The van der Waals surface area contributed by atoms with Gasteiger partial charge in [0.2, 0.25) is 0 Å². The summed E-state index contributed by atoms with van der Waals surface area (Å²) in [5, 5.41) is 2.16. The Kier molecular flexibility index (Phi) is 4.48. The molecule has 0 radical (unpaired) electrons. The third-order valence-corrected chi connectivity index (χ3v) is 3.56. The van der Waals surface area contributed by atoms with Crippen LogP contribution in [-0.4, -0.2) is 17.6 Å². The summed E-state index contributed by atoms with van der Waals surface area (Å²) in [4.78, 5) is 16.5. The van der Waals surface area contributed by atoms with E-state index in [2.05, 4.69) is 4.98 Å². The minimum atomic E-state index is -0.315. The van der Waals surface area contributed by atoms with Crippen LogP contribution >= 0.6 is 0 Å². The molecule has 0 unspecified atom stereocenters. The fourth-order valence-electron chi connectivity index (χ4n) is 2.45. The minimum absolute atomic E-state index is 0.315. The van der Waals surface area contributed by atoms with Gasteiger partial charge in [0, 0.05) is 17.8 Å². The van der Waals surface area contributed by atoms with E-state index in [0.717, 1.165) is 21.9 Å². The molecule has 0 amide bonds. The van der Waals surface area contributed by atoms with Crippen molar-refractivity contribution < 1.29 is 9.53 Å². The molecule has 0 fully saturated rings. The lowest BCUT2D eigenvalue weighted by atomic mass is 10.0. The Morgan fingerprint density at radius 1 is 1.09 bits per heavy atom. The van der Waals surface area contributed by atoms with Gasteiger partial charge in [0.1, 0.15) is 0 Å². The topological polar surface area (TPSA) is 39.2 Å². The van der Waals surface area contributed by atoms with Gasteiger partial charge in [0.15, 0.2) is 0 Å². The second-order valence-electron chi connectivity index (χ2n) is 5.13. The molecule has 3 nitrogen and oxygen atoms in total. The van der Waals surface area contributed by atoms with E-state index in [-0.39, 0.29) is 5.97 Å². The molecular formula is C20H17NO2. The molecule has 0 aliphatic rings. The van der Waals surface area contributed by atoms with Crippen molar-refractivity contribution in [1.82, 2.24) is 4.98 Å². The van der Waals surface area contributed by atoms with Crippen LogP contribution in [0.25, 0.3) is 22.4 Å². The number of ether oxygens (including phenoxy) is 1. The molecule has 0 aliphatic heterocycles. The number of carbonyl (C=O) groups excluding carboxylic acids is 1. The van der Waals surface area contributed by atoms with E-state index in [1.807, 2.05) is 73.8 Å². The van der Waals surface area contributed by atoms with Crippen LogP contribution in [0, 0.1) is 0 Å². The molecule has 0 spiro atoms. The molecule has 0 bridgehead atoms. The van der Waals surface area contributed by atoms with E-state index in [9.17, 15) is 4.79 Å². The van der Waals surface area contributed by atoms with Crippen LogP contribution in [0.15, 0.2) is 67.0 Å². The Balaban J connectivity index is 2.06. The first-order chi connectivity index (χ1) is 11.3. The van der Waals surface area contributed by atoms with Crippen molar-refractivity contribution in [3.05, 3.63) is 78.1 Å². The van der Waals surface area contributed by atoms with Crippen LogP contribution in [0.3, 0.4) is 0 Å². The fraction of sp³-hybridized carbons (Fsp3) is 0.100. The molecule has 23 heavy (non-hydrogen) atoms. The first-order valence-corrected chi connectivity index (χ1v) is 7.56. The Morgan fingerprint density at radius 3 is 2.70 bits per heavy atom. The lowest BCUT2D eigenvalue weighted by Crippen LogP contribution is -2.06. The highest BCUT2D eigenvalue weighted by molar-refractivity contribution is 6.21. The second-order valence-corrected chi connectivity index (χ2v) is 5.13. The maximum Gasteiger partial charge on any atom is 0.338 e. The minimum Gasteiger partial charge on any atom is -0.462 e. The summed E-state index contributed by atoms with van der Waals surface area (Å²) in [5.74, 6) is -0.315. The summed E-state index contributed by atoms with van der Waals surface area (Å²) >= 11 is 0. The number of aromatic nitrogens is 1. The van der Waals surface area contributed by atoms with Gasteiger partial charge < -0.3 is 4.74 Å². The van der Waals surface area contributed by atoms with Gasteiger partial charge in [-0.05, 0) is 41.6 Å². The highest BCUT2D eigenvalue weighted by Crippen LogP contribution is 2.22. The number of benzene rings is 2. The second kappa shape index (κ2) is 6.88. The first-order valence-electron chi connectivity index (χ1n) is 7.56. The first kappa shape index (κ1) is 15.0. The van der Waals surface area contributed by atoms with E-state index in [1.54, 1.807) is 6.20 Å². The number of carbonyl (C=O) groups is 1. The van der Waals surface area contributed by atoms with Gasteiger partial charge >= 0.3 is 5.97 Å². The van der Waals surface area contributed by atoms with Crippen molar-refractivity contribution in [2.75, 3.05) is 6.61 Å². The van der Waals surface area contributed by atoms with Crippen LogP contribution in [0.5, 0.6) is 0 Å². The van der Waals surface area contributed by atoms with E-state index >= 15 is 0 Å². The lowest BCUT2D eigenvalue weighted by Gasteiger charge is -2.08. The van der Waals surface area contributed by atoms with Crippen LogP contribution in [0.4, 0.5) is 0 Å². The molecule has 3 heteroatoms. The highest BCUT2D eigenvalue weighted by Gasteiger charge is 2.13. The maximum atomic E-state index is 12.3. The molecule has 0 aliphatic carbocycles. The molecule has 3 aromatic rings. The van der Waals surface area contributed by atoms with Gasteiger partial charge in [-0.15, -0.1) is 0 Å². The molecule has 0 saturated carbocycles. The molecule has 0 atom stereocenters. The van der Waals surface area contributed by atoms with Gasteiger partial charge in [-0.25, -0.2) is 4.79 Å². The Morgan fingerprint density at radius 2 is 1.91 bits per heavy atom. The summed E-state index contributed by atoms with van der Waals surface area (Å²) in [6.45, 7) is 2.16. The molecule has 3 rings (SSSR count). The van der Waals surface area contributed by atoms with Crippen LogP contribution in [0.2, 0.25) is 0 Å². The van der Waals surface area contributed by atoms with Crippen molar-refractivity contribution in [2.24, 2.45) is 0 Å². The van der Waals surface area contributed by atoms with Gasteiger partial charge in [0.25, 0.3) is 0 Å². The van der Waals surface area contributed by atoms with Gasteiger partial charge in [-0.3, -0.25) is 4.98 Å². The molecule has 0 saturated heterocycles. The smallest absolute Gasteiger partial charge is 0.338 e. The largest absolute Gasteiger partial charge is 0.462 e. The summed E-state index contributed by atoms with van der Waals surface area (Å²) in [6.07, 6.45) is 5.45.